The van der Waals surface area contributed by atoms with E-state index in [2.05, 4.69) is 15.5 Å². The minimum Gasteiger partial charge on any atom is -0.351 e. The van der Waals surface area contributed by atoms with Gasteiger partial charge in [0.05, 0.1) is 18.1 Å². The summed E-state index contributed by atoms with van der Waals surface area (Å²) in [6.07, 6.45) is 1.60. The van der Waals surface area contributed by atoms with Crippen LogP contribution in [-0.2, 0) is 14.6 Å². The van der Waals surface area contributed by atoms with Crippen molar-refractivity contribution in [2.24, 2.45) is 0 Å². The molecule has 1 atom stereocenters. The molecule has 0 spiro atoms. The summed E-state index contributed by atoms with van der Waals surface area (Å²) in [5.41, 5.74) is 0. The molecular formula is C11H21N3O3S. The molecule has 2 aliphatic rings. The zero-order valence-corrected chi connectivity index (χ0v) is 11.3. The van der Waals surface area contributed by atoms with Crippen LogP contribution in [0.3, 0.4) is 0 Å². The number of carbonyl (C=O) groups excluding carboxylic acids is 1. The quantitative estimate of drug-likeness (QED) is 0.661. The van der Waals surface area contributed by atoms with E-state index in [0.29, 0.717) is 13.0 Å². The highest BCUT2D eigenvalue weighted by Gasteiger charge is 2.29. The van der Waals surface area contributed by atoms with Crippen LogP contribution in [-0.4, -0.2) is 69.5 Å². The summed E-state index contributed by atoms with van der Waals surface area (Å²) < 4.78 is 22.6. The SMILES string of the molecule is O=C(CN1CCCNCC1)NC1CCS(=O)(=O)C1. The van der Waals surface area contributed by atoms with E-state index in [4.69, 9.17) is 0 Å². The Balaban J connectivity index is 1.75. The summed E-state index contributed by atoms with van der Waals surface area (Å²) >= 11 is 0. The van der Waals surface area contributed by atoms with Gasteiger partial charge in [0.25, 0.3) is 0 Å². The predicted molar refractivity (Wildman–Crippen MR) is 69.1 cm³/mol. The Labute approximate surface area is 108 Å². The topological polar surface area (TPSA) is 78.5 Å². The van der Waals surface area contributed by atoms with E-state index >= 15 is 0 Å². The summed E-state index contributed by atoms with van der Waals surface area (Å²) in [6, 6.07) is -0.187. The second kappa shape index (κ2) is 5.99. The second-order valence-electron chi connectivity index (χ2n) is 5.05. The first-order chi connectivity index (χ1) is 8.55. The van der Waals surface area contributed by atoms with Gasteiger partial charge in [-0.3, -0.25) is 9.69 Å². The fourth-order valence-corrected chi connectivity index (χ4v) is 4.12. The molecule has 104 valence electrons. The Hall–Kier alpha value is -0.660. The molecule has 0 aromatic rings. The van der Waals surface area contributed by atoms with Gasteiger partial charge in [-0.25, -0.2) is 8.42 Å². The Bertz CT molecular complexity index is 388. The Morgan fingerprint density at radius 1 is 1.33 bits per heavy atom. The zero-order valence-electron chi connectivity index (χ0n) is 10.5. The van der Waals surface area contributed by atoms with E-state index in [-0.39, 0.29) is 23.5 Å². The number of hydrogen-bond acceptors (Lipinski definition) is 5. The third-order valence-electron chi connectivity index (χ3n) is 3.40. The fraction of sp³-hybridized carbons (Fsp3) is 0.909. The molecule has 2 rings (SSSR count). The van der Waals surface area contributed by atoms with Crippen molar-refractivity contribution in [3.8, 4) is 0 Å². The first-order valence-corrected chi connectivity index (χ1v) is 8.30. The summed E-state index contributed by atoms with van der Waals surface area (Å²) in [7, 11) is -2.92. The molecule has 2 aliphatic heterocycles. The van der Waals surface area contributed by atoms with E-state index in [1.165, 1.54) is 0 Å². The van der Waals surface area contributed by atoms with Crippen LogP contribution in [0.2, 0.25) is 0 Å². The van der Waals surface area contributed by atoms with Crippen LogP contribution >= 0.6 is 0 Å². The highest BCUT2D eigenvalue weighted by atomic mass is 32.2. The maximum Gasteiger partial charge on any atom is 0.234 e. The molecule has 6 nitrogen and oxygen atoms in total. The minimum atomic E-state index is -2.92. The van der Waals surface area contributed by atoms with Gasteiger partial charge in [-0.15, -0.1) is 0 Å². The lowest BCUT2D eigenvalue weighted by Gasteiger charge is -2.20. The normalized spacial score (nSPS) is 28.8. The molecule has 0 aliphatic carbocycles. The van der Waals surface area contributed by atoms with Crippen molar-refractivity contribution in [1.29, 1.82) is 0 Å². The van der Waals surface area contributed by atoms with E-state index in [9.17, 15) is 13.2 Å². The molecule has 0 radical (unpaired) electrons. The molecule has 0 bridgehead atoms. The van der Waals surface area contributed by atoms with Crippen molar-refractivity contribution < 1.29 is 13.2 Å². The van der Waals surface area contributed by atoms with Crippen LogP contribution in [0.25, 0.3) is 0 Å². The monoisotopic (exact) mass is 275 g/mol. The van der Waals surface area contributed by atoms with Crippen molar-refractivity contribution in [1.82, 2.24) is 15.5 Å². The van der Waals surface area contributed by atoms with Gasteiger partial charge in [0, 0.05) is 19.1 Å². The number of sulfone groups is 1. The minimum absolute atomic E-state index is 0.0565. The van der Waals surface area contributed by atoms with Crippen molar-refractivity contribution in [3.05, 3.63) is 0 Å². The molecule has 2 saturated heterocycles. The number of nitrogens with zero attached hydrogens (tertiary/aromatic N) is 1. The Morgan fingerprint density at radius 2 is 2.17 bits per heavy atom. The van der Waals surface area contributed by atoms with E-state index in [0.717, 1.165) is 32.6 Å². The fourth-order valence-electron chi connectivity index (χ4n) is 2.45. The first-order valence-electron chi connectivity index (χ1n) is 6.48. The number of rotatable bonds is 3. The maximum absolute atomic E-state index is 11.8. The summed E-state index contributed by atoms with van der Waals surface area (Å²) in [4.78, 5) is 13.9. The van der Waals surface area contributed by atoms with Gasteiger partial charge in [-0.1, -0.05) is 0 Å². The molecule has 0 aromatic carbocycles. The van der Waals surface area contributed by atoms with Gasteiger partial charge in [0.15, 0.2) is 9.84 Å². The molecule has 1 amide bonds. The second-order valence-corrected chi connectivity index (χ2v) is 7.28. The highest BCUT2D eigenvalue weighted by Crippen LogP contribution is 2.11. The van der Waals surface area contributed by atoms with Crippen molar-refractivity contribution in [3.63, 3.8) is 0 Å². The molecule has 2 heterocycles. The van der Waals surface area contributed by atoms with Crippen LogP contribution in [0, 0.1) is 0 Å². The number of nitrogens with one attached hydrogen (secondary N) is 2. The largest absolute Gasteiger partial charge is 0.351 e. The average molecular weight is 275 g/mol. The van der Waals surface area contributed by atoms with Crippen LogP contribution in [0.15, 0.2) is 0 Å². The van der Waals surface area contributed by atoms with Gasteiger partial charge in [0.2, 0.25) is 5.91 Å². The lowest BCUT2D eigenvalue weighted by Crippen LogP contribution is -2.43. The van der Waals surface area contributed by atoms with Crippen LogP contribution in [0.5, 0.6) is 0 Å². The molecule has 7 heteroatoms. The molecule has 0 saturated carbocycles. The maximum atomic E-state index is 11.8. The molecule has 2 N–H and O–H groups in total. The zero-order chi connectivity index (χ0) is 13.0. The van der Waals surface area contributed by atoms with Crippen molar-refractivity contribution >= 4 is 15.7 Å². The van der Waals surface area contributed by atoms with E-state index in [1.54, 1.807) is 0 Å². The average Bonchev–Trinajstić information content (AvgIpc) is 2.52. The molecule has 0 aromatic heterocycles. The number of hydrogen-bond donors (Lipinski definition) is 2. The third kappa shape index (κ3) is 4.22. The van der Waals surface area contributed by atoms with Gasteiger partial charge in [0.1, 0.15) is 0 Å². The number of amides is 1. The Kier molecular flexibility index (Phi) is 4.58. The van der Waals surface area contributed by atoms with Crippen molar-refractivity contribution in [2.45, 2.75) is 18.9 Å². The molecule has 2 fully saturated rings. The van der Waals surface area contributed by atoms with Crippen LogP contribution in [0.1, 0.15) is 12.8 Å². The molecule has 18 heavy (non-hydrogen) atoms. The van der Waals surface area contributed by atoms with E-state index in [1.807, 2.05) is 0 Å². The standard InChI is InChI=1S/C11H21N3O3S/c15-11(8-14-5-1-3-12-4-6-14)13-10-2-7-18(16,17)9-10/h10,12H,1-9H2,(H,13,15). The summed E-state index contributed by atoms with van der Waals surface area (Å²) in [5.74, 6) is 0.241. The lowest BCUT2D eigenvalue weighted by atomic mass is 10.2. The van der Waals surface area contributed by atoms with Crippen LogP contribution < -0.4 is 10.6 Å². The van der Waals surface area contributed by atoms with Crippen molar-refractivity contribution in [2.75, 3.05) is 44.2 Å². The molecule has 1 unspecified atom stereocenters. The van der Waals surface area contributed by atoms with Gasteiger partial charge < -0.3 is 10.6 Å². The van der Waals surface area contributed by atoms with Gasteiger partial charge in [-0.2, -0.15) is 0 Å². The predicted octanol–water partition coefficient (Wildman–Crippen LogP) is -1.41. The smallest absolute Gasteiger partial charge is 0.234 e. The van der Waals surface area contributed by atoms with Gasteiger partial charge in [-0.05, 0) is 25.9 Å². The Morgan fingerprint density at radius 3 is 2.89 bits per heavy atom. The molecular weight excluding hydrogens is 254 g/mol. The van der Waals surface area contributed by atoms with Crippen LogP contribution in [0.4, 0.5) is 0 Å². The highest BCUT2D eigenvalue weighted by molar-refractivity contribution is 7.91. The van der Waals surface area contributed by atoms with Gasteiger partial charge >= 0.3 is 0 Å². The third-order valence-corrected chi connectivity index (χ3v) is 5.17. The summed E-state index contributed by atoms with van der Waals surface area (Å²) in [6.45, 7) is 4.07. The number of carbonyl (C=O) groups is 1. The lowest BCUT2D eigenvalue weighted by molar-refractivity contribution is -0.122. The summed E-state index contributed by atoms with van der Waals surface area (Å²) in [5, 5.41) is 6.10. The first kappa shape index (κ1) is 13.8. The van der Waals surface area contributed by atoms with E-state index < -0.39 is 9.84 Å².